The predicted molar refractivity (Wildman–Crippen MR) is 136 cm³/mol. The molecule has 1 N–H and O–H groups in total. The summed E-state index contributed by atoms with van der Waals surface area (Å²) < 4.78 is 0. The van der Waals surface area contributed by atoms with Crippen LogP contribution in [0.1, 0.15) is 24.0 Å². The molecular weight excluding hydrogens is 488 g/mol. The summed E-state index contributed by atoms with van der Waals surface area (Å²) in [5.74, 6) is 0.0378. The van der Waals surface area contributed by atoms with Crippen molar-refractivity contribution in [2.75, 3.05) is 40.8 Å². The molecule has 4 nitrogen and oxygen atoms in total. The third-order valence-corrected chi connectivity index (χ3v) is 7.17. The smallest absolute Gasteiger partial charge is 0.239 e. The Hall–Kier alpha value is -1.01. The van der Waals surface area contributed by atoms with Gasteiger partial charge in [0.15, 0.2) is 0 Å². The molecule has 0 saturated heterocycles. The third-order valence-electron chi connectivity index (χ3n) is 6.04. The highest BCUT2D eigenvalue weighted by molar-refractivity contribution is 6.35. The molecule has 8 heteroatoms. The molecule has 0 heterocycles. The lowest BCUT2D eigenvalue weighted by Gasteiger charge is -2.28. The van der Waals surface area contributed by atoms with Crippen LogP contribution in [0.5, 0.6) is 0 Å². The molecule has 1 atom stereocenters. The van der Waals surface area contributed by atoms with Gasteiger partial charge in [0, 0.05) is 52.2 Å². The monoisotopic (exact) mass is 515 g/mol. The fraction of sp³-hybridized carbons (Fsp3) is 0.458. The van der Waals surface area contributed by atoms with E-state index in [1.807, 2.05) is 39.3 Å². The second-order valence-corrected chi connectivity index (χ2v) is 10.5. The zero-order chi connectivity index (χ0) is 23.5. The molecule has 1 amide bonds. The molecule has 3 rings (SSSR count). The van der Waals surface area contributed by atoms with Crippen LogP contribution in [0.2, 0.25) is 20.1 Å². The van der Waals surface area contributed by atoms with E-state index in [0.29, 0.717) is 39.6 Å². The van der Waals surface area contributed by atoms with Crippen molar-refractivity contribution in [1.82, 2.24) is 15.1 Å². The number of nitrogens with zero attached hydrogens (tertiary/aromatic N) is 2. The Morgan fingerprint density at radius 1 is 0.969 bits per heavy atom. The Labute approximate surface area is 210 Å². The molecule has 2 aromatic carbocycles. The molecule has 0 aliphatic heterocycles. The van der Waals surface area contributed by atoms with E-state index in [1.165, 1.54) is 0 Å². The number of likely N-dealkylation sites (N-methyl/N-ethyl adjacent to an activating group) is 2. The van der Waals surface area contributed by atoms with Crippen LogP contribution in [0, 0.1) is 0 Å². The summed E-state index contributed by atoms with van der Waals surface area (Å²) in [7, 11) is 5.83. The van der Waals surface area contributed by atoms with Gasteiger partial charge in [0.25, 0.3) is 0 Å². The van der Waals surface area contributed by atoms with Crippen LogP contribution >= 0.6 is 46.4 Å². The summed E-state index contributed by atoms with van der Waals surface area (Å²) in [6.07, 6.45) is 2.51. The second-order valence-electron chi connectivity index (χ2n) is 8.84. The van der Waals surface area contributed by atoms with Gasteiger partial charge >= 0.3 is 0 Å². The normalized spacial score (nSPS) is 15.6. The van der Waals surface area contributed by atoms with Gasteiger partial charge in [-0.1, -0.05) is 58.5 Å². The standard InChI is InChI=1S/C24H29Cl4N3O/c1-30(2)10-11-31(3)23(32)22(12-16-4-5-17(25)13-20(16)27)29-15-24(8-9-24)19-7-6-18(26)14-21(19)28/h4-7,13-14,22,29H,8-12,15H2,1-3H3. The lowest BCUT2D eigenvalue weighted by atomic mass is 9.94. The van der Waals surface area contributed by atoms with Crippen molar-refractivity contribution in [2.45, 2.75) is 30.7 Å². The maximum Gasteiger partial charge on any atom is 0.239 e. The van der Waals surface area contributed by atoms with E-state index in [4.69, 9.17) is 46.4 Å². The first kappa shape index (κ1) is 25.6. The number of carbonyl (C=O) groups excluding carboxylic acids is 1. The number of hydrogen-bond acceptors (Lipinski definition) is 3. The average molecular weight is 517 g/mol. The summed E-state index contributed by atoms with van der Waals surface area (Å²) in [6.45, 7) is 2.09. The van der Waals surface area contributed by atoms with Gasteiger partial charge in [0.05, 0.1) is 6.04 Å². The van der Waals surface area contributed by atoms with Gasteiger partial charge in [-0.2, -0.15) is 0 Å². The number of benzene rings is 2. The lowest BCUT2D eigenvalue weighted by Crippen LogP contribution is -2.49. The molecule has 0 radical (unpaired) electrons. The van der Waals surface area contributed by atoms with E-state index < -0.39 is 6.04 Å². The first-order valence-corrected chi connectivity index (χ1v) is 12.1. The molecule has 1 aliphatic rings. The molecule has 1 fully saturated rings. The van der Waals surface area contributed by atoms with Crippen LogP contribution in [-0.2, 0) is 16.6 Å². The van der Waals surface area contributed by atoms with E-state index in [2.05, 4.69) is 10.2 Å². The summed E-state index contributed by atoms with van der Waals surface area (Å²) in [6, 6.07) is 10.6. The summed E-state index contributed by atoms with van der Waals surface area (Å²) in [5.41, 5.74) is 1.89. The minimum Gasteiger partial charge on any atom is -0.343 e. The number of hydrogen-bond donors (Lipinski definition) is 1. The Balaban J connectivity index is 1.78. The lowest BCUT2D eigenvalue weighted by molar-refractivity contribution is -0.132. The number of amides is 1. The highest BCUT2D eigenvalue weighted by Gasteiger charge is 2.46. The SMILES string of the molecule is CN(C)CCN(C)C(=O)C(Cc1ccc(Cl)cc1Cl)NCC1(c2ccc(Cl)cc2Cl)CC1. The molecule has 1 aliphatic carbocycles. The van der Waals surface area contributed by atoms with Crippen LogP contribution in [0.4, 0.5) is 0 Å². The molecule has 32 heavy (non-hydrogen) atoms. The summed E-state index contributed by atoms with van der Waals surface area (Å²) >= 11 is 25.1. The van der Waals surface area contributed by atoms with Crippen molar-refractivity contribution in [3.8, 4) is 0 Å². The minimum absolute atomic E-state index is 0.0378. The van der Waals surface area contributed by atoms with Crippen LogP contribution < -0.4 is 5.32 Å². The van der Waals surface area contributed by atoms with Gasteiger partial charge in [-0.05, 0) is 68.8 Å². The third kappa shape index (κ3) is 6.53. The summed E-state index contributed by atoms with van der Waals surface area (Å²) in [4.78, 5) is 17.2. The molecule has 0 spiro atoms. The van der Waals surface area contributed by atoms with Crippen LogP contribution in [0.3, 0.4) is 0 Å². The summed E-state index contributed by atoms with van der Waals surface area (Å²) in [5, 5.41) is 5.96. The van der Waals surface area contributed by atoms with Crippen molar-refractivity contribution in [3.63, 3.8) is 0 Å². The Morgan fingerprint density at radius 3 is 2.16 bits per heavy atom. The molecular formula is C24H29Cl4N3O. The van der Waals surface area contributed by atoms with Crippen molar-refractivity contribution in [3.05, 3.63) is 67.6 Å². The molecule has 2 aromatic rings. The second kappa shape index (κ2) is 10.9. The first-order valence-electron chi connectivity index (χ1n) is 10.6. The van der Waals surface area contributed by atoms with Gasteiger partial charge in [0.2, 0.25) is 5.91 Å². The van der Waals surface area contributed by atoms with Crippen molar-refractivity contribution < 1.29 is 4.79 Å². The van der Waals surface area contributed by atoms with E-state index in [1.54, 1.807) is 23.1 Å². The van der Waals surface area contributed by atoms with Gasteiger partial charge in [-0.15, -0.1) is 0 Å². The topological polar surface area (TPSA) is 35.6 Å². The minimum atomic E-state index is -0.413. The highest BCUT2D eigenvalue weighted by atomic mass is 35.5. The van der Waals surface area contributed by atoms with Gasteiger partial charge in [0.1, 0.15) is 0 Å². The maximum atomic E-state index is 13.4. The number of halogens is 4. The van der Waals surface area contributed by atoms with Gasteiger partial charge in [-0.25, -0.2) is 0 Å². The Bertz CT molecular complexity index is 962. The van der Waals surface area contributed by atoms with E-state index in [9.17, 15) is 4.79 Å². The fourth-order valence-corrected chi connectivity index (χ4v) is 4.91. The predicted octanol–water partition coefficient (Wildman–Crippen LogP) is 5.55. The number of carbonyl (C=O) groups is 1. The van der Waals surface area contributed by atoms with E-state index >= 15 is 0 Å². The quantitative estimate of drug-likeness (QED) is 0.449. The average Bonchev–Trinajstić information content (AvgIpc) is 3.51. The molecule has 0 bridgehead atoms. The fourth-order valence-electron chi connectivity index (χ4n) is 3.81. The largest absolute Gasteiger partial charge is 0.343 e. The van der Waals surface area contributed by atoms with Crippen molar-refractivity contribution in [2.24, 2.45) is 0 Å². The van der Waals surface area contributed by atoms with Crippen LogP contribution in [0.15, 0.2) is 36.4 Å². The van der Waals surface area contributed by atoms with Gasteiger partial charge < -0.3 is 15.1 Å². The van der Waals surface area contributed by atoms with Crippen molar-refractivity contribution >= 4 is 52.3 Å². The number of nitrogens with one attached hydrogen (secondary N) is 1. The highest BCUT2D eigenvalue weighted by Crippen LogP contribution is 2.50. The molecule has 1 saturated carbocycles. The van der Waals surface area contributed by atoms with Crippen LogP contribution in [-0.4, -0.2) is 62.5 Å². The molecule has 174 valence electrons. The van der Waals surface area contributed by atoms with E-state index in [0.717, 1.165) is 30.5 Å². The maximum absolute atomic E-state index is 13.4. The van der Waals surface area contributed by atoms with Gasteiger partial charge in [-0.3, -0.25) is 4.79 Å². The van der Waals surface area contributed by atoms with Crippen LogP contribution in [0.25, 0.3) is 0 Å². The zero-order valence-corrected chi connectivity index (χ0v) is 21.6. The number of rotatable bonds is 10. The Morgan fingerprint density at radius 2 is 1.59 bits per heavy atom. The first-order chi connectivity index (χ1) is 15.1. The van der Waals surface area contributed by atoms with Crippen molar-refractivity contribution in [1.29, 1.82) is 0 Å². The molecule has 0 aromatic heterocycles. The Kier molecular flexibility index (Phi) is 8.76. The van der Waals surface area contributed by atoms with E-state index in [-0.39, 0.29) is 11.3 Å². The zero-order valence-electron chi connectivity index (χ0n) is 18.6. The molecule has 1 unspecified atom stereocenters.